The van der Waals surface area contributed by atoms with E-state index in [2.05, 4.69) is 25.6 Å². The number of nitrogens with one attached hydrogen (secondary N) is 1. The Balaban J connectivity index is 2.35. The lowest BCUT2D eigenvalue weighted by molar-refractivity contribution is 0.601. The zero-order valence-electron chi connectivity index (χ0n) is 10.1. The lowest BCUT2D eigenvalue weighted by Crippen LogP contribution is -2.15. The minimum atomic E-state index is -3.73. The van der Waals surface area contributed by atoms with Gasteiger partial charge in [0, 0.05) is 10.7 Å². The third-order valence-electron chi connectivity index (χ3n) is 2.41. The van der Waals surface area contributed by atoms with Gasteiger partial charge in [-0.3, -0.25) is 4.72 Å². The van der Waals surface area contributed by atoms with Crippen LogP contribution in [0.3, 0.4) is 0 Å². The zero-order valence-corrected chi connectivity index (χ0v) is 12.5. The summed E-state index contributed by atoms with van der Waals surface area (Å²) in [5.41, 5.74) is 6.84. The highest BCUT2D eigenvalue weighted by Gasteiger charge is 2.18. The Bertz CT molecular complexity index is 699. The van der Waals surface area contributed by atoms with Crippen LogP contribution in [0.25, 0.3) is 0 Å². The lowest BCUT2D eigenvalue weighted by atomic mass is 10.3. The van der Waals surface area contributed by atoms with Crippen molar-refractivity contribution in [2.75, 3.05) is 10.5 Å². The fraction of sp³-hybridized carbons (Fsp3) is 0.0833. The van der Waals surface area contributed by atoms with Crippen LogP contribution in [0.15, 0.2) is 45.9 Å². The molecule has 0 aliphatic heterocycles. The lowest BCUT2D eigenvalue weighted by Gasteiger charge is -2.09. The van der Waals surface area contributed by atoms with Crippen molar-refractivity contribution >= 4 is 37.5 Å². The summed E-state index contributed by atoms with van der Waals surface area (Å²) in [4.78, 5) is 4.02. The van der Waals surface area contributed by atoms with Gasteiger partial charge < -0.3 is 5.73 Å². The molecule has 19 heavy (non-hydrogen) atoms. The number of aryl methyl sites for hydroxylation is 1. The fourth-order valence-corrected chi connectivity index (χ4v) is 2.99. The Morgan fingerprint density at radius 1 is 1.26 bits per heavy atom. The van der Waals surface area contributed by atoms with E-state index in [4.69, 9.17) is 5.73 Å². The van der Waals surface area contributed by atoms with E-state index >= 15 is 0 Å². The maximum atomic E-state index is 12.2. The van der Waals surface area contributed by atoms with E-state index in [1.165, 1.54) is 12.1 Å². The molecule has 1 heterocycles. The molecule has 2 rings (SSSR count). The first-order chi connectivity index (χ1) is 8.88. The van der Waals surface area contributed by atoms with E-state index < -0.39 is 10.0 Å². The standard InChI is InChI=1S/C12H12BrN3O2S/c1-8-2-5-12(15-7-8)16-19(17,18)11-4-3-9(13)6-10(11)14/h2-7H,14H2,1H3,(H,15,16). The molecule has 100 valence electrons. The number of aromatic nitrogens is 1. The molecule has 0 saturated heterocycles. The molecule has 0 bridgehead atoms. The molecule has 0 aliphatic rings. The number of rotatable bonds is 3. The molecule has 0 radical (unpaired) electrons. The Labute approximate surface area is 120 Å². The summed E-state index contributed by atoms with van der Waals surface area (Å²) < 4.78 is 27.5. The van der Waals surface area contributed by atoms with Crippen LogP contribution in [0.1, 0.15) is 5.56 Å². The number of nitrogens with two attached hydrogens (primary N) is 1. The van der Waals surface area contributed by atoms with Crippen LogP contribution in [-0.4, -0.2) is 13.4 Å². The van der Waals surface area contributed by atoms with Gasteiger partial charge in [0.2, 0.25) is 0 Å². The van der Waals surface area contributed by atoms with Gasteiger partial charge in [0.15, 0.2) is 0 Å². The van der Waals surface area contributed by atoms with Crippen LogP contribution in [0.4, 0.5) is 11.5 Å². The third kappa shape index (κ3) is 3.24. The van der Waals surface area contributed by atoms with Crippen LogP contribution in [0.5, 0.6) is 0 Å². The first kappa shape index (κ1) is 13.8. The molecule has 7 heteroatoms. The van der Waals surface area contributed by atoms with Crippen molar-refractivity contribution in [3.8, 4) is 0 Å². The van der Waals surface area contributed by atoms with Gasteiger partial charge in [0.1, 0.15) is 10.7 Å². The smallest absolute Gasteiger partial charge is 0.265 e. The maximum absolute atomic E-state index is 12.2. The number of hydrogen-bond donors (Lipinski definition) is 2. The molecule has 0 saturated carbocycles. The highest BCUT2D eigenvalue weighted by atomic mass is 79.9. The topological polar surface area (TPSA) is 85.1 Å². The second kappa shape index (κ2) is 5.18. The molecule has 0 atom stereocenters. The molecule has 1 aromatic heterocycles. The second-order valence-electron chi connectivity index (χ2n) is 4.01. The fourth-order valence-electron chi connectivity index (χ4n) is 1.48. The van der Waals surface area contributed by atoms with Crippen LogP contribution in [0, 0.1) is 6.92 Å². The van der Waals surface area contributed by atoms with E-state index in [-0.39, 0.29) is 16.4 Å². The third-order valence-corrected chi connectivity index (χ3v) is 4.33. The minimum Gasteiger partial charge on any atom is -0.398 e. The van der Waals surface area contributed by atoms with Gasteiger partial charge in [-0.2, -0.15) is 0 Å². The van der Waals surface area contributed by atoms with Crippen molar-refractivity contribution < 1.29 is 8.42 Å². The highest BCUT2D eigenvalue weighted by Crippen LogP contribution is 2.24. The molecular weight excluding hydrogens is 330 g/mol. The number of halogens is 1. The minimum absolute atomic E-state index is 0.0260. The van der Waals surface area contributed by atoms with Crippen LogP contribution in [-0.2, 0) is 10.0 Å². The molecule has 5 nitrogen and oxygen atoms in total. The SMILES string of the molecule is Cc1ccc(NS(=O)(=O)c2ccc(Br)cc2N)nc1. The molecule has 0 aliphatic carbocycles. The number of anilines is 2. The van der Waals surface area contributed by atoms with Crippen molar-refractivity contribution in [1.29, 1.82) is 0 Å². The van der Waals surface area contributed by atoms with Crippen molar-refractivity contribution in [3.63, 3.8) is 0 Å². The Morgan fingerprint density at radius 3 is 2.58 bits per heavy atom. The van der Waals surface area contributed by atoms with Gasteiger partial charge >= 0.3 is 0 Å². The predicted molar refractivity (Wildman–Crippen MR) is 78.3 cm³/mol. The molecule has 0 spiro atoms. The summed E-state index contributed by atoms with van der Waals surface area (Å²) in [7, 11) is -3.73. The first-order valence-corrected chi connectivity index (χ1v) is 7.66. The quantitative estimate of drug-likeness (QED) is 0.840. The summed E-state index contributed by atoms with van der Waals surface area (Å²) in [5, 5.41) is 0. The molecule has 0 unspecified atom stereocenters. The number of benzene rings is 1. The molecule has 1 aromatic carbocycles. The van der Waals surface area contributed by atoms with Crippen molar-refractivity contribution in [3.05, 3.63) is 46.6 Å². The Hall–Kier alpha value is -1.60. The number of nitrogen functional groups attached to an aromatic ring is 1. The van der Waals surface area contributed by atoms with Crippen LogP contribution < -0.4 is 10.5 Å². The first-order valence-electron chi connectivity index (χ1n) is 5.39. The van der Waals surface area contributed by atoms with Gasteiger partial charge in [-0.25, -0.2) is 13.4 Å². The van der Waals surface area contributed by atoms with Crippen molar-refractivity contribution in [2.24, 2.45) is 0 Å². The molecule has 0 fully saturated rings. The van der Waals surface area contributed by atoms with Crippen LogP contribution in [0.2, 0.25) is 0 Å². The van der Waals surface area contributed by atoms with Gasteiger partial charge in [-0.05, 0) is 36.8 Å². The molecular formula is C12H12BrN3O2S. The number of pyridine rings is 1. The van der Waals surface area contributed by atoms with Gasteiger partial charge in [0.25, 0.3) is 10.0 Å². The maximum Gasteiger partial charge on any atom is 0.265 e. The van der Waals surface area contributed by atoms with Gasteiger partial charge in [-0.1, -0.05) is 22.0 Å². The summed E-state index contributed by atoms with van der Waals surface area (Å²) in [6.45, 7) is 1.87. The Kier molecular flexibility index (Phi) is 3.77. The average Bonchev–Trinajstić information content (AvgIpc) is 2.31. The number of sulfonamides is 1. The zero-order chi connectivity index (χ0) is 14.0. The van der Waals surface area contributed by atoms with E-state index in [1.807, 2.05) is 6.92 Å². The molecule has 0 amide bonds. The largest absolute Gasteiger partial charge is 0.398 e. The van der Waals surface area contributed by atoms with Crippen LogP contribution >= 0.6 is 15.9 Å². The molecule has 2 aromatic rings. The van der Waals surface area contributed by atoms with Gasteiger partial charge in [0.05, 0.1) is 5.69 Å². The predicted octanol–water partition coefficient (Wildman–Crippen LogP) is 2.54. The van der Waals surface area contributed by atoms with Gasteiger partial charge in [-0.15, -0.1) is 0 Å². The molecule has 3 N–H and O–H groups in total. The summed E-state index contributed by atoms with van der Waals surface area (Å²) >= 11 is 3.23. The van der Waals surface area contributed by atoms with E-state index in [0.29, 0.717) is 0 Å². The highest BCUT2D eigenvalue weighted by molar-refractivity contribution is 9.10. The normalized spacial score (nSPS) is 11.3. The number of hydrogen-bond acceptors (Lipinski definition) is 4. The second-order valence-corrected chi connectivity index (χ2v) is 6.57. The van der Waals surface area contributed by atoms with Crippen molar-refractivity contribution in [2.45, 2.75) is 11.8 Å². The monoisotopic (exact) mass is 341 g/mol. The Morgan fingerprint density at radius 2 is 2.00 bits per heavy atom. The summed E-state index contributed by atoms with van der Waals surface area (Å²) in [6, 6.07) is 7.97. The van der Waals surface area contributed by atoms with E-state index in [1.54, 1.807) is 24.4 Å². The van der Waals surface area contributed by atoms with Crippen molar-refractivity contribution in [1.82, 2.24) is 4.98 Å². The summed E-state index contributed by atoms with van der Waals surface area (Å²) in [5.74, 6) is 0.257. The summed E-state index contributed by atoms with van der Waals surface area (Å²) in [6.07, 6.45) is 1.59. The van der Waals surface area contributed by atoms with E-state index in [9.17, 15) is 8.42 Å². The average molecular weight is 342 g/mol. The number of nitrogens with zero attached hydrogens (tertiary/aromatic N) is 1. The van der Waals surface area contributed by atoms with E-state index in [0.717, 1.165) is 10.0 Å².